The Kier molecular flexibility index (Phi) is 7.27. The number of anilines is 1. The first kappa shape index (κ1) is 19.0. The Bertz CT molecular complexity index is 655. The van der Waals surface area contributed by atoms with E-state index < -0.39 is 0 Å². The third kappa shape index (κ3) is 5.06. The number of thioether (sulfide) groups is 1. The lowest BCUT2D eigenvalue weighted by Crippen LogP contribution is -2.14. The maximum atomic E-state index is 12.3. The quantitative estimate of drug-likeness (QED) is 0.715. The Morgan fingerprint density at radius 2 is 2.08 bits per heavy atom. The molecule has 1 aromatic carbocycles. The molecule has 0 radical (unpaired) electrons. The summed E-state index contributed by atoms with van der Waals surface area (Å²) < 4.78 is 0. The van der Waals surface area contributed by atoms with E-state index in [9.17, 15) is 4.79 Å². The van der Waals surface area contributed by atoms with Gasteiger partial charge in [0.15, 0.2) is 0 Å². The molecule has 0 saturated carbocycles. The van der Waals surface area contributed by atoms with Gasteiger partial charge in [-0.25, -0.2) is 4.98 Å². The second kappa shape index (κ2) is 9.20. The number of amides is 1. The number of nitrogens with two attached hydrogens (primary N) is 1. The molecule has 1 amide bonds. The molecule has 2 aromatic rings. The third-order valence-electron chi connectivity index (χ3n) is 4.05. The number of thiazole rings is 1. The van der Waals surface area contributed by atoms with Gasteiger partial charge in [0.05, 0.1) is 6.04 Å². The molecule has 0 spiro atoms. The van der Waals surface area contributed by atoms with Gasteiger partial charge in [-0.05, 0) is 48.5 Å². The van der Waals surface area contributed by atoms with Gasteiger partial charge in [0.25, 0.3) is 5.91 Å². The lowest BCUT2D eigenvalue weighted by atomic mass is 9.99. The molecule has 2 rings (SSSR count). The lowest BCUT2D eigenvalue weighted by Gasteiger charge is -2.10. The Morgan fingerprint density at radius 3 is 2.71 bits per heavy atom. The molecular formula is C18H25N3OS2. The molecule has 0 saturated heterocycles. The van der Waals surface area contributed by atoms with Crippen LogP contribution in [0.3, 0.4) is 0 Å². The van der Waals surface area contributed by atoms with Crippen molar-refractivity contribution in [1.29, 1.82) is 0 Å². The molecular weight excluding hydrogens is 338 g/mol. The average molecular weight is 364 g/mol. The maximum absolute atomic E-state index is 12.3. The molecule has 3 N–H and O–H groups in total. The molecule has 1 heterocycles. The van der Waals surface area contributed by atoms with E-state index in [1.807, 2.05) is 12.1 Å². The van der Waals surface area contributed by atoms with E-state index in [1.165, 1.54) is 16.9 Å². The van der Waals surface area contributed by atoms with E-state index in [4.69, 9.17) is 5.73 Å². The van der Waals surface area contributed by atoms with E-state index in [1.54, 1.807) is 17.1 Å². The highest BCUT2D eigenvalue weighted by molar-refractivity contribution is 7.98. The van der Waals surface area contributed by atoms with Crippen molar-refractivity contribution in [3.8, 4) is 0 Å². The van der Waals surface area contributed by atoms with Crippen LogP contribution in [0.5, 0.6) is 0 Å². The van der Waals surface area contributed by atoms with E-state index in [-0.39, 0.29) is 11.9 Å². The maximum Gasteiger partial charge on any atom is 0.275 e. The summed E-state index contributed by atoms with van der Waals surface area (Å²) >= 11 is 3.21. The number of carbonyl (C=O) groups is 1. The highest BCUT2D eigenvalue weighted by Crippen LogP contribution is 2.23. The Morgan fingerprint density at radius 1 is 1.38 bits per heavy atom. The van der Waals surface area contributed by atoms with Crippen molar-refractivity contribution in [2.75, 3.05) is 17.3 Å². The van der Waals surface area contributed by atoms with Crippen LogP contribution >= 0.6 is 23.1 Å². The monoisotopic (exact) mass is 363 g/mol. The van der Waals surface area contributed by atoms with Gasteiger partial charge in [-0.1, -0.05) is 26.0 Å². The van der Waals surface area contributed by atoms with Crippen molar-refractivity contribution in [1.82, 2.24) is 4.98 Å². The molecule has 2 atom stereocenters. The minimum atomic E-state index is -0.189. The van der Waals surface area contributed by atoms with Crippen LogP contribution in [0.2, 0.25) is 0 Å². The summed E-state index contributed by atoms with van der Waals surface area (Å²) in [6.07, 6.45) is 4.02. The molecule has 0 bridgehead atoms. The number of rotatable bonds is 8. The molecule has 130 valence electrons. The topological polar surface area (TPSA) is 68.0 Å². The zero-order valence-corrected chi connectivity index (χ0v) is 16.0. The summed E-state index contributed by atoms with van der Waals surface area (Å²) in [6.45, 7) is 4.37. The zero-order valence-electron chi connectivity index (χ0n) is 14.4. The Balaban J connectivity index is 1.98. The second-order valence-electron chi connectivity index (χ2n) is 5.84. The molecule has 0 aliphatic carbocycles. The number of benzene rings is 1. The van der Waals surface area contributed by atoms with Gasteiger partial charge in [-0.3, -0.25) is 4.79 Å². The second-order valence-corrected chi connectivity index (χ2v) is 7.72. The van der Waals surface area contributed by atoms with Gasteiger partial charge in [0.2, 0.25) is 0 Å². The van der Waals surface area contributed by atoms with Gasteiger partial charge in [-0.15, -0.1) is 11.3 Å². The molecule has 2 unspecified atom stereocenters. The van der Waals surface area contributed by atoms with Crippen LogP contribution in [0.25, 0.3) is 0 Å². The molecule has 0 fully saturated rings. The highest BCUT2D eigenvalue weighted by atomic mass is 32.2. The summed E-state index contributed by atoms with van der Waals surface area (Å²) in [5, 5.41) is 5.49. The predicted octanol–water partition coefficient (Wildman–Crippen LogP) is 4.66. The molecule has 0 aliphatic rings. The van der Waals surface area contributed by atoms with E-state index in [2.05, 4.69) is 42.5 Å². The number of nitrogens with zero attached hydrogens (tertiary/aromatic N) is 1. The van der Waals surface area contributed by atoms with Crippen LogP contribution in [0.1, 0.15) is 59.7 Å². The van der Waals surface area contributed by atoms with Crippen LogP contribution in [0.4, 0.5) is 5.69 Å². The minimum Gasteiger partial charge on any atom is -0.322 e. The Labute approximate surface area is 152 Å². The van der Waals surface area contributed by atoms with Crippen molar-refractivity contribution in [3.05, 3.63) is 45.9 Å². The standard InChI is InChI=1S/C18H25N3OS2/c1-4-12(2)13-5-7-14(8-6-13)20-17(22)16-11-24-18(21-16)15(19)9-10-23-3/h5-8,11-12,15H,4,9-10,19H2,1-3H3,(H,20,22). The first-order valence-electron chi connectivity index (χ1n) is 8.16. The predicted molar refractivity (Wildman–Crippen MR) is 105 cm³/mol. The van der Waals surface area contributed by atoms with Crippen molar-refractivity contribution < 1.29 is 4.79 Å². The van der Waals surface area contributed by atoms with Crippen LogP contribution in [0, 0.1) is 0 Å². The highest BCUT2D eigenvalue weighted by Gasteiger charge is 2.15. The van der Waals surface area contributed by atoms with E-state index in [0.717, 1.165) is 29.3 Å². The molecule has 1 aromatic heterocycles. The van der Waals surface area contributed by atoms with Crippen LogP contribution in [0.15, 0.2) is 29.6 Å². The fraction of sp³-hybridized carbons (Fsp3) is 0.444. The van der Waals surface area contributed by atoms with Crippen LogP contribution < -0.4 is 11.1 Å². The SMILES string of the molecule is CCC(C)c1ccc(NC(=O)c2csc(C(N)CCSC)n2)cc1. The fourth-order valence-electron chi connectivity index (χ4n) is 2.26. The normalized spacial score (nSPS) is 13.5. The number of carbonyl (C=O) groups excluding carboxylic acids is 1. The lowest BCUT2D eigenvalue weighted by molar-refractivity contribution is 0.102. The van der Waals surface area contributed by atoms with Crippen LogP contribution in [-0.2, 0) is 0 Å². The number of nitrogens with one attached hydrogen (secondary N) is 1. The summed E-state index contributed by atoms with van der Waals surface area (Å²) in [6, 6.07) is 7.91. The summed E-state index contributed by atoms with van der Waals surface area (Å²) in [4.78, 5) is 16.7. The number of hydrogen-bond donors (Lipinski definition) is 2. The van der Waals surface area contributed by atoms with Crippen molar-refractivity contribution >= 4 is 34.7 Å². The summed E-state index contributed by atoms with van der Waals surface area (Å²) in [5.41, 5.74) is 8.61. The average Bonchev–Trinajstić information content (AvgIpc) is 3.10. The minimum absolute atomic E-state index is 0.0983. The zero-order chi connectivity index (χ0) is 17.5. The van der Waals surface area contributed by atoms with E-state index >= 15 is 0 Å². The van der Waals surface area contributed by atoms with Gasteiger partial charge >= 0.3 is 0 Å². The van der Waals surface area contributed by atoms with Gasteiger partial charge in [0, 0.05) is 11.1 Å². The molecule has 6 heteroatoms. The molecule has 0 aliphatic heterocycles. The van der Waals surface area contributed by atoms with Crippen molar-refractivity contribution in [2.45, 2.75) is 38.6 Å². The van der Waals surface area contributed by atoms with Gasteiger partial charge in [-0.2, -0.15) is 11.8 Å². The summed E-state index contributed by atoms with van der Waals surface area (Å²) in [7, 11) is 0. The van der Waals surface area contributed by atoms with Crippen molar-refractivity contribution in [3.63, 3.8) is 0 Å². The fourth-order valence-corrected chi connectivity index (χ4v) is 3.58. The smallest absolute Gasteiger partial charge is 0.275 e. The molecule has 4 nitrogen and oxygen atoms in total. The largest absolute Gasteiger partial charge is 0.322 e. The first-order chi connectivity index (χ1) is 11.5. The van der Waals surface area contributed by atoms with Gasteiger partial charge < -0.3 is 11.1 Å². The number of hydrogen-bond acceptors (Lipinski definition) is 5. The van der Waals surface area contributed by atoms with E-state index in [0.29, 0.717) is 11.6 Å². The van der Waals surface area contributed by atoms with Gasteiger partial charge in [0.1, 0.15) is 10.7 Å². The molecule has 24 heavy (non-hydrogen) atoms. The third-order valence-corrected chi connectivity index (χ3v) is 5.68. The summed E-state index contributed by atoms with van der Waals surface area (Å²) in [5.74, 6) is 1.33. The first-order valence-corrected chi connectivity index (χ1v) is 10.4. The Hall–Kier alpha value is -1.37. The van der Waals surface area contributed by atoms with Crippen molar-refractivity contribution in [2.24, 2.45) is 5.73 Å². The van der Waals surface area contributed by atoms with Crippen LogP contribution in [-0.4, -0.2) is 22.9 Å². The number of aromatic nitrogens is 1.